The highest BCUT2D eigenvalue weighted by molar-refractivity contribution is 6.23. The Hall–Kier alpha value is -3.68. The molecule has 0 spiro atoms. The minimum atomic E-state index is -1.09. The zero-order valence-corrected chi connectivity index (χ0v) is 18.6. The summed E-state index contributed by atoms with van der Waals surface area (Å²) in [7, 11) is 0. The van der Waals surface area contributed by atoms with Gasteiger partial charge in [0.1, 0.15) is 11.8 Å². The number of hydrogen-bond donors (Lipinski definition) is 1. The van der Waals surface area contributed by atoms with Crippen LogP contribution in [0.3, 0.4) is 0 Å². The Balaban J connectivity index is 1.77. The van der Waals surface area contributed by atoms with Crippen LogP contribution in [0.1, 0.15) is 38.2 Å². The molecule has 1 fully saturated rings. The van der Waals surface area contributed by atoms with Crippen LogP contribution in [0.5, 0.6) is 5.75 Å². The Bertz CT molecular complexity index is 990. The highest BCUT2D eigenvalue weighted by Gasteiger charge is 2.44. The molecule has 1 saturated heterocycles. The molecule has 2 aromatic carbocycles. The molecule has 3 amide bonds. The van der Waals surface area contributed by atoms with Gasteiger partial charge in [-0.3, -0.25) is 19.2 Å². The summed E-state index contributed by atoms with van der Waals surface area (Å²) in [6.07, 6.45) is 0.646. The number of ether oxygens (including phenoxy) is 1. The lowest BCUT2D eigenvalue weighted by Gasteiger charge is -2.27. The van der Waals surface area contributed by atoms with Crippen molar-refractivity contribution in [1.82, 2.24) is 4.90 Å². The molecule has 1 aliphatic rings. The fourth-order valence-electron chi connectivity index (χ4n) is 3.75. The van der Waals surface area contributed by atoms with Crippen LogP contribution in [0.25, 0.3) is 0 Å². The van der Waals surface area contributed by atoms with Crippen molar-refractivity contribution in [3.05, 3.63) is 60.2 Å². The standard InChI is InChI=1S/C25H28N2O6/c1-2-16-33-20-10-8-19(9-11-20)27-23(29)17-21(25(27)32)26(22(28)12-13-24(30)31)15-14-18-6-4-3-5-7-18/h3-11,21H,2,12-17H2,1H3,(H,30,31)/t21-/m1/s1. The number of imide groups is 1. The van der Waals surface area contributed by atoms with Crippen LogP contribution in [0, 0.1) is 0 Å². The summed E-state index contributed by atoms with van der Waals surface area (Å²) in [5.74, 6) is -1.79. The number of nitrogens with zero attached hydrogens (tertiary/aromatic N) is 2. The van der Waals surface area contributed by atoms with Gasteiger partial charge in [-0.1, -0.05) is 37.3 Å². The maximum Gasteiger partial charge on any atom is 0.303 e. The Morgan fingerprint density at radius 1 is 1.06 bits per heavy atom. The summed E-state index contributed by atoms with van der Waals surface area (Å²) in [5, 5.41) is 8.97. The topological polar surface area (TPSA) is 104 Å². The molecule has 0 unspecified atom stereocenters. The second-order valence-electron chi connectivity index (χ2n) is 7.85. The van der Waals surface area contributed by atoms with Crippen molar-refractivity contribution in [2.45, 2.75) is 45.1 Å². The Morgan fingerprint density at radius 3 is 2.39 bits per heavy atom. The van der Waals surface area contributed by atoms with Gasteiger partial charge < -0.3 is 14.7 Å². The number of anilines is 1. The number of hydrogen-bond acceptors (Lipinski definition) is 5. The summed E-state index contributed by atoms with van der Waals surface area (Å²) in [5.41, 5.74) is 1.39. The van der Waals surface area contributed by atoms with Gasteiger partial charge in [0.15, 0.2) is 0 Å². The molecule has 0 aromatic heterocycles. The number of aliphatic carboxylic acids is 1. The lowest BCUT2D eigenvalue weighted by Crippen LogP contribution is -2.46. The molecule has 1 atom stereocenters. The number of carboxylic acid groups (broad SMARTS) is 1. The number of rotatable bonds is 11. The molecule has 8 nitrogen and oxygen atoms in total. The van der Waals surface area contributed by atoms with E-state index in [0.717, 1.165) is 16.9 Å². The molecule has 1 heterocycles. The molecule has 33 heavy (non-hydrogen) atoms. The van der Waals surface area contributed by atoms with Crippen LogP contribution in [-0.4, -0.2) is 52.9 Å². The van der Waals surface area contributed by atoms with Crippen molar-refractivity contribution in [2.75, 3.05) is 18.1 Å². The van der Waals surface area contributed by atoms with E-state index >= 15 is 0 Å². The van der Waals surface area contributed by atoms with E-state index in [2.05, 4.69) is 0 Å². The first-order chi connectivity index (χ1) is 15.9. The molecular formula is C25H28N2O6. The Morgan fingerprint density at radius 2 is 1.76 bits per heavy atom. The van der Waals surface area contributed by atoms with E-state index in [4.69, 9.17) is 9.84 Å². The third-order valence-electron chi connectivity index (χ3n) is 5.42. The van der Waals surface area contributed by atoms with Gasteiger partial charge in [-0.2, -0.15) is 0 Å². The molecule has 0 aliphatic carbocycles. The normalized spacial score (nSPS) is 15.5. The quantitative estimate of drug-likeness (QED) is 0.526. The number of benzene rings is 2. The van der Waals surface area contributed by atoms with Crippen molar-refractivity contribution in [2.24, 2.45) is 0 Å². The second kappa shape index (κ2) is 11.3. The van der Waals surface area contributed by atoms with Crippen molar-refractivity contribution in [3.63, 3.8) is 0 Å². The highest BCUT2D eigenvalue weighted by Crippen LogP contribution is 2.28. The smallest absolute Gasteiger partial charge is 0.303 e. The van der Waals surface area contributed by atoms with Crippen LogP contribution >= 0.6 is 0 Å². The van der Waals surface area contributed by atoms with Crippen LogP contribution in [0.2, 0.25) is 0 Å². The molecule has 3 rings (SSSR count). The van der Waals surface area contributed by atoms with E-state index < -0.39 is 29.7 Å². The first-order valence-corrected chi connectivity index (χ1v) is 11.1. The van der Waals surface area contributed by atoms with E-state index in [1.54, 1.807) is 24.3 Å². The largest absolute Gasteiger partial charge is 0.494 e. The molecule has 2 aromatic rings. The molecule has 174 valence electrons. The van der Waals surface area contributed by atoms with E-state index in [1.165, 1.54) is 4.90 Å². The Kier molecular flexibility index (Phi) is 8.18. The first kappa shape index (κ1) is 24.0. The van der Waals surface area contributed by atoms with Gasteiger partial charge >= 0.3 is 5.97 Å². The van der Waals surface area contributed by atoms with Crippen molar-refractivity contribution < 1.29 is 29.0 Å². The predicted molar refractivity (Wildman–Crippen MR) is 122 cm³/mol. The van der Waals surface area contributed by atoms with Crippen molar-refractivity contribution in [1.29, 1.82) is 0 Å². The molecule has 1 N–H and O–H groups in total. The van der Waals surface area contributed by atoms with Gasteiger partial charge in [-0.05, 0) is 42.7 Å². The molecule has 0 radical (unpaired) electrons. The highest BCUT2D eigenvalue weighted by atomic mass is 16.5. The zero-order valence-electron chi connectivity index (χ0n) is 18.6. The maximum absolute atomic E-state index is 13.2. The summed E-state index contributed by atoms with van der Waals surface area (Å²) in [6.45, 7) is 2.78. The molecule has 1 aliphatic heterocycles. The zero-order chi connectivity index (χ0) is 23.8. The van der Waals surface area contributed by atoms with Gasteiger partial charge in [0, 0.05) is 13.0 Å². The van der Waals surface area contributed by atoms with Crippen molar-refractivity contribution >= 4 is 29.4 Å². The average Bonchev–Trinajstić information content (AvgIpc) is 3.11. The van der Waals surface area contributed by atoms with Gasteiger partial charge in [-0.15, -0.1) is 0 Å². The SMILES string of the molecule is CCCOc1ccc(N2C(=O)C[C@@H](N(CCc3ccccc3)C(=O)CCC(=O)O)C2=O)cc1. The predicted octanol–water partition coefficient (Wildman–Crippen LogP) is 3.04. The van der Waals surface area contributed by atoms with Crippen LogP contribution in [0.4, 0.5) is 5.69 Å². The van der Waals surface area contributed by atoms with E-state index in [0.29, 0.717) is 24.5 Å². The Labute approximate surface area is 192 Å². The van der Waals surface area contributed by atoms with E-state index in [9.17, 15) is 19.2 Å². The maximum atomic E-state index is 13.2. The van der Waals surface area contributed by atoms with Crippen molar-refractivity contribution in [3.8, 4) is 5.75 Å². The van der Waals surface area contributed by atoms with Crippen LogP contribution < -0.4 is 9.64 Å². The fraction of sp³-hybridized carbons (Fsp3) is 0.360. The summed E-state index contributed by atoms with van der Waals surface area (Å²) in [4.78, 5) is 52.3. The van der Waals surface area contributed by atoms with Gasteiger partial charge in [0.2, 0.25) is 11.8 Å². The van der Waals surface area contributed by atoms with Crippen LogP contribution in [-0.2, 0) is 25.6 Å². The monoisotopic (exact) mass is 452 g/mol. The van der Waals surface area contributed by atoms with E-state index in [-0.39, 0.29) is 25.8 Å². The minimum absolute atomic E-state index is 0.138. The van der Waals surface area contributed by atoms with E-state index in [1.807, 2.05) is 37.3 Å². The van der Waals surface area contributed by atoms with Gasteiger partial charge in [0.05, 0.1) is 25.1 Å². The molecule has 0 bridgehead atoms. The van der Waals surface area contributed by atoms with Gasteiger partial charge in [0.25, 0.3) is 5.91 Å². The lowest BCUT2D eigenvalue weighted by atomic mass is 10.1. The molecular weight excluding hydrogens is 424 g/mol. The fourth-order valence-corrected chi connectivity index (χ4v) is 3.75. The second-order valence-corrected chi connectivity index (χ2v) is 7.85. The molecule has 0 saturated carbocycles. The summed E-state index contributed by atoms with van der Waals surface area (Å²) in [6, 6.07) is 15.2. The number of carbonyl (C=O) groups excluding carboxylic acids is 3. The van der Waals surface area contributed by atoms with Gasteiger partial charge in [-0.25, -0.2) is 4.90 Å². The summed E-state index contributed by atoms with van der Waals surface area (Å²) >= 11 is 0. The van der Waals surface area contributed by atoms with Crippen LogP contribution in [0.15, 0.2) is 54.6 Å². The molecule has 8 heteroatoms. The first-order valence-electron chi connectivity index (χ1n) is 11.1. The number of amides is 3. The summed E-state index contributed by atoms with van der Waals surface area (Å²) < 4.78 is 5.55. The number of carboxylic acids is 1. The minimum Gasteiger partial charge on any atom is -0.494 e. The average molecular weight is 453 g/mol. The number of carbonyl (C=O) groups is 4. The lowest BCUT2D eigenvalue weighted by molar-refractivity contribution is -0.143. The third-order valence-corrected chi connectivity index (χ3v) is 5.42. The third kappa shape index (κ3) is 6.19.